The fourth-order valence-corrected chi connectivity index (χ4v) is 4.14. The molecule has 0 aliphatic carbocycles. The number of nitrogens with one attached hydrogen (secondary N) is 1. The molecule has 0 radical (unpaired) electrons. The Bertz CT molecular complexity index is 1170. The lowest BCUT2D eigenvalue weighted by atomic mass is 10.00. The molecule has 30 heavy (non-hydrogen) atoms. The Hall–Kier alpha value is -2.78. The molecule has 0 saturated carbocycles. The van der Waals surface area contributed by atoms with Crippen molar-refractivity contribution in [2.75, 3.05) is 0 Å². The third kappa shape index (κ3) is 4.08. The maximum atomic E-state index is 12.8. The lowest BCUT2D eigenvalue weighted by molar-refractivity contribution is -0.137. The van der Waals surface area contributed by atoms with E-state index in [1.807, 2.05) is 12.1 Å². The number of rotatable bonds is 4. The van der Waals surface area contributed by atoms with Crippen LogP contribution in [-0.2, 0) is 17.4 Å². The number of fused-ring (bicyclic) bond motifs is 1. The van der Waals surface area contributed by atoms with E-state index >= 15 is 0 Å². The van der Waals surface area contributed by atoms with E-state index in [0.717, 1.165) is 28.8 Å². The highest BCUT2D eigenvalue weighted by atomic mass is 35.5. The van der Waals surface area contributed by atoms with Crippen molar-refractivity contribution >= 4 is 45.3 Å². The molecule has 1 saturated heterocycles. The second kappa shape index (κ2) is 7.81. The Morgan fingerprint density at radius 3 is 2.50 bits per heavy atom. The van der Waals surface area contributed by atoms with Crippen LogP contribution in [0.2, 0.25) is 5.02 Å². The van der Waals surface area contributed by atoms with Gasteiger partial charge in [0.25, 0.3) is 5.24 Å². The van der Waals surface area contributed by atoms with Crippen LogP contribution in [0, 0.1) is 0 Å². The van der Waals surface area contributed by atoms with Gasteiger partial charge >= 0.3 is 6.18 Å². The molecule has 2 amide bonds. The van der Waals surface area contributed by atoms with Gasteiger partial charge in [-0.05, 0) is 29.5 Å². The number of hydrogen-bond acceptors (Lipinski definition) is 5. The molecule has 10 heteroatoms. The molecule has 1 fully saturated rings. The maximum absolute atomic E-state index is 12.8. The van der Waals surface area contributed by atoms with Crippen molar-refractivity contribution in [2.24, 2.45) is 0 Å². The highest BCUT2D eigenvalue weighted by Crippen LogP contribution is 2.37. The number of benzene rings is 2. The standard InChI is InChI=1S/C20H12ClF3N2O3S/c21-14-8-11(20(22,23)24)9-25-18(14)29-15-6-5-10(12-3-1-2-4-13(12)15)7-16-17(27)26-19(28)30-16/h1-6,8-9,16H,7H2,(H,26,27,28). The van der Waals surface area contributed by atoms with Crippen LogP contribution in [0.15, 0.2) is 48.7 Å². The topological polar surface area (TPSA) is 68.3 Å². The first-order chi connectivity index (χ1) is 14.2. The van der Waals surface area contributed by atoms with Crippen molar-refractivity contribution in [3.63, 3.8) is 0 Å². The van der Waals surface area contributed by atoms with E-state index in [-0.39, 0.29) is 22.0 Å². The van der Waals surface area contributed by atoms with E-state index in [9.17, 15) is 22.8 Å². The number of aromatic nitrogens is 1. The molecule has 0 spiro atoms. The highest BCUT2D eigenvalue weighted by Gasteiger charge is 2.33. The van der Waals surface area contributed by atoms with Gasteiger partial charge in [-0.2, -0.15) is 13.2 Å². The molecule has 2 aromatic carbocycles. The van der Waals surface area contributed by atoms with Crippen molar-refractivity contribution < 1.29 is 27.5 Å². The number of ether oxygens (including phenoxy) is 1. The Labute approximate surface area is 177 Å². The van der Waals surface area contributed by atoms with Crippen LogP contribution >= 0.6 is 23.4 Å². The van der Waals surface area contributed by atoms with Gasteiger partial charge < -0.3 is 4.74 Å². The van der Waals surface area contributed by atoms with E-state index in [1.165, 1.54) is 0 Å². The van der Waals surface area contributed by atoms with Crippen molar-refractivity contribution in [1.82, 2.24) is 10.3 Å². The molecule has 1 N–H and O–H groups in total. The van der Waals surface area contributed by atoms with Crippen LogP contribution in [-0.4, -0.2) is 21.4 Å². The van der Waals surface area contributed by atoms with Gasteiger partial charge in [-0.3, -0.25) is 14.9 Å². The molecule has 4 rings (SSSR count). The molecule has 5 nitrogen and oxygen atoms in total. The molecular weight excluding hydrogens is 441 g/mol. The van der Waals surface area contributed by atoms with E-state index in [2.05, 4.69) is 10.3 Å². The SMILES string of the molecule is O=C1NC(=O)C(Cc2ccc(Oc3ncc(C(F)(F)F)cc3Cl)c3ccccc23)S1. The Balaban J connectivity index is 1.67. The first kappa shape index (κ1) is 20.5. The molecule has 1 aliphatic rings. The second-order valence-corrected chi connectivity index (χ2v) is 8.05. The lowest BCUT2D eigenvalue weighted by Gasteiger charge is -2.14. The molecule has 1 unspecified atom stereocenters. The molecule has 3 aromatic rings. The molecule has 1 aliphatic heterocycles. The van der Waals surface area contributed by atoms with Crippen molar-refractivity contribution in [2.45, 2.75) is 17.8 Å². The Morgan fingerprint density at radius 2 is 1.87 bits per heavy atom. The summed E-state index contributed by atoms with van der Waals surface area (Å²) >= 11 is 6.88. The predicted molar refractivity (Wildman–Crippen MR) is 107 cm³/mol. The Kier molecular flexibility index (Phi) is 5.33. The first-order valence-corrected chi connectivity index (χ1v) is 9.91. The second-order valence-electron chi connectivity index (χ2n) is 6.47. The van der Waals surface area contributed by atoms with Crippen molar-refractivity contribution in [3.05, 3.63) is 64.8 Å². The molecular formula is C20H12ClF3N2O3S. The number of thioether (sulfide) groups is 1. The van der Waals surface area contributed by atoms with E-state index in [4.69, 9.17) is 16.3 Å². The molecule has 2 heterocycles. The molecule has 1 aromatic heterocycles. The minimum atomic E-state index is -4.56. The van der Waals surface area contributed by atoms with Crippen LogP contribution in [0.3, 0.4) is 0 Å². The number of amides is 2. The van der Waals surface area contributed by atoms with Crippen molar-refractivity contribution in [3.8, 4) is 11.6 Å². The van der Waals surface area contributed by atoms with Crippen LogP contribution in [0.4, 0.5) is 18.0 Å². The fraction of sp³-hybridized carbons (Fsp3) is 0.150. The molecule has 1 atom stereocenters. The number of imide groups is 1. The van der Waals surface area contributed by atoms with E-state index in [1.54, 1.807) is 24.3 Å². The lowest BCUT2D eigenvalue weighted by Crippen LogP contribution is -2.25. The third-order valence-electron chi connectivity index (χ3n) is 4.49. The first-order valence-electron chi connectivity index (χ1n) is 8.65. The smallest absolute Gasteiger partial charge is 0.417 e. The van der Waals surface area contributed by atoms with Crippen LogP contribution in [0.1, 0.15) is 11.1 Å². The minimum Gasteiger partial charge on any atom is -0.437 e. The van der Waals surface area contributed by atoms with Crippen LogP contribution < -0.4 is 10.1 Å². The monoisotopic (exact) mass is 452 g/mol. The van der Waals surface area contributed by atoms with Gasteiger partial charge in [-0.25, -0.2) is 4.98 Å². The van der Waals surface area contributed by atoms with Gasteiger partial charge in [0.1, 0.15) is 10.8 Å². The number of pyridine rings is 1. The third-order valence-corrected chi connectivity index (χ3v) is 5.74. The number of carbonyl (C=O) groups excluding carboxylic acids is 2. The number of carbonyl (C=O) groups is 2. The summed E-state index contributed by atoms with van der Waals surface area (Å²) in [6.45, 7) is 0. The summed E-state index contributed by atoms with van der Waals surface area (Å²) in [5.41, 5.74) is -0.145. The molecule has 0 bridgehead atoms. The summed E-state index contributed by atoms with van der Waals surface area (Å²) < 4.78 is 44.1. The minimum absolute atomic E-state index is 0.154. The van der Waals surface area contributed by atoms with Gasteiger partial charge in [-0.15, -0.1) is 0 Å². The van der Waals surface area contributed by atoms with Gasteiger partial charge in [0.15, 0.2) is 0 Å². The quantitative estimate of drug-likeness (QED) is 0.558. The zero-order valence-electron chi connectivity index (χ0n) is 15.0. The van der Waals surface area contributed by atoms with Gasteiger partial charge in [-0.1, -0.05) is 53.7 Å². The average molecular weight is 453 g/mol. The van der Waals surface area contributed by atoms with Crippen LogP contribution in [0.5, 0.6) is 11.6 Å². The number of hydrogen-bond donors (Lipinski definition) is 1. The zero-order valence-corrected chi connectivity index (χ0v) is 16.6. The number of alkyl halides is 3. The summed E-state index contributed by atoms with van der Waals surface area (Å²) in [7, 11) is 0. The largest absolute Gasteiger partial charge is 0.437 e. The van der Waals surface area contributed by atoms with Gasteiger partial charge in [0.05, 0.1) is 10.8 Å². The van der Waals surface area contributed by atoms with Gasteiger partial charge in [0, 0.05) is 11.6 Å². The molecule has 154 valence electrons. The Morgan fingerprint density at radius 1 is 1.13 bits per heavy atom. The highest BCUT2D eigenvalue weighted by molar-refractivity contribution is 8.15. The van der Waals surface area contributed by atoms with Crippen molar-refractivity contribution in [1.29, 1.82) is 0 Å². The maximum Gasteiger partial charge on any atom is 0.417 e. The summed E-state index contributed by atoms with van der Waals surface area (Å²) in [6, 6.07) is 11.3. The summed E-state index contributed by atoms with van der Waals surface area (Å²) in [5, 5.41) is 2.54. The zero-order chi connectivity index (χ0) is 21.5. The summed E-state index contributed by atoms with van der Waals surface area (Å²) in [5.74, 6) is -0.142. The predicted octanol–water partition coefficient (Wildman–Crippen LogP) is 5.59. The fourth-order valence-electron chi connectivity index (χ4n) is 3.09. The summed E-state index contributed by atoms with van der Waals surface area (Å²) in [6.07, 6.45) is -3.57. The number of halogens is 4. The van der Waals surface area contributed by atoms with Gasteiger partial charge in [0.2, 0.25) is 11.8 Å². The normalized spacial score (nSPS) is 16.7. The number of nitrogens with zero attached hydrogens (tertiary/aromatic N) is 1. The van der Waals surface area contributed by atoms with E-state index in [0.29, 0.717) is 23.8 Å². The van der Waals surface area contributed by atoms with E-state index < -0.39 is 17.0 Å². The average Bonchev–Trinajstić information content (AvgIpc) is 3.01. The van der Waals surface area contributed by atoms with Crippen LogP contribution in [0.25, 0.3) is 10.8 Å². The summed E-state index contributed by atoms with van der Waals surface area (Å²) in [4.78, 5) is 27.0.